The molecule has 7 aromatic rings. The Hall–Kier alpha value is -4.28. The van der Waals surface area contributed by atoms with Crippen LogP contribution in [-0.4, -0.2) is 0 Å². The Labute approximate surface area is 288 Å². The first-order valence-corrected chi connectivity index (χ1v) is 17.5. The van der Waals surface area contributed by atoms with E-state index < -0.39 is 0 Å². The van der Waals surface area contributed by atoms with Crippen molar-refractivity contribution in [1.29, 1.82) is 0 Å². The van der Waals surface area contributed by atoms with Gasteiger partial charge < -0.3 is 11.5 Å². The van der Waals surface area contributed by atoms with E-state index in [1.165, 1.54) is 44.5 Å². The Morgan fingerprint density at radius 1 is 0.468 bits per heavy atom. The summed E-state index contributed by atoms with van der Waals surface area (Å²) < 4.78 is 2.17. The van der Waals surface area contributed by atoms with Crippen LogP contribution in [0.5, 0.6) is 0 Å². The van der Waals surface area contributed by atoms with Crippen LogP contribution in [0.1, 0.15) is 49.9 Å². The fraction of sp³-hybridized carbons (Fsp3) is 0.143. The zero-order valence-electron chi connectivity index (χ0n) is 26.6. The van der Waals surface area contributed by atoms with Crippen LogP contribution in [0.25, 0.3) is 64.7 Å². The maximum absolute atomic E-state index is 7.19. The fourth-order valence-corrected chi connectivity index (χ4v) is 10.3. The van der Waals surface area contributed by atoms with Crippen molar-refractivity contribution in [3.05, 3.63) is 129 Å². The molecule has 2 nitrogen and oxygen atoms in total. The van der Waals surface area contributed by atoms with Gasteiger partial charge in [-0.1, -0.05) is 112 Å². The minimum atomic E-state index is -0.138. The third-order valence-electron chi connectivity index (χ3n) is 10.8. The molecule has 0 radical (unpaired) electrons. The number of rotatable bonds is 2. The van der Waals surface area contributed by atoms with Crippen LogP contribution >= 0.6 is 34.5 Å². The summed E-state index contributed by atoms with van der Waals surface area (Å²) in [4.78, 5) is 0. The summed E-state index contributed by atoms with van der Waals surface area (Å²) >= 11 is 16.1. The molecule has 0 bridgehead atoms. The first-order valence-electron chi connectivity index (χ1n) is 15.9. The van der Waals surface area contributed by atoms with Crippen molar-refractivity contribution in [3.8, 4) is 44.5 Å². The predicted molar refractivity (Wildman–Crippen MR) is 204 cm³/mol. The van der Waals surface area contributed by atoms with Crippen LogP contribution in [0.15, 0.2) is 97.1 Å². The molecule has 230 valence electrons. The fourth-order valence-electron chi connectivity index (χ4n) is 8.32. The quantitative estimate of drug-likeness (QED) is 0.180. The Morgan fingerprint density at radius 3 is 1.30 bits per heavy atom. The highest BCUT2D eigenvalue weighted by atomic mass is 35.5. The summed E-state index contributed by atoms with van der Waals surface area (Å²) in [5, 5.41) is 3.64. The summed E-state index contributed by atoms with van der Waals surface area (Å²) in [5.74, 6) is 0. The van der Waals surface area contributed by atoms with Gasteiger partial charge in [-0.2, -0.15) is 0 Å². The number of halogens is 2. The molecule has 4 N–H and O–H groups in total. The molecule has 0 spiro atoms. The monoisotopic (exact) mass is 666 g/mol. The number of nitrogen functional groups attached to an aromatic ring is 2. The van der Waals surface area contributed by atoms with Gasteiger partial charge in [0.05, 0.1) is 0 Å². The van der Waals surface area contributed by atoms with E-state index in [9.17, 15) is 0 Å². The van der Waals surface area contributed by atoms with E-state index in [2.05, 4.69) is 113 Å². The van der Waals surface area contributed by atoms with E-state index in [0.717, 1.165) is 42.4 Å². The standard InChI is InChI=1S/C42H32Cl2N2S/c1-41(2)29-11-7-5-9-21(29)25-17-27(33(43)19-31(25)41)37-35(45)15-13-23-24-14-16-36(46)38(40(24)47-39(23)37)28-18-26-22-10-6-8-12-30(22)42(3,4)32(26)20-34(28)44/h5-20H,45-46H2,1-4H3. The number of fused-ring (bicyclic) bond motifs is 9. The van der Waals surface area contributed by atoms with Crippen molar-refractivity contribution in [2.45, 2.75) is 38.5 Å². The topological polar surface area (TPSA) is 52.0 Å². The number of hydrogen-bond donors (Lipinski definition) is 2. The third-order valence-corrected chi connectivity index (χ3v) is 12.6. The Balaban J connectivity index is 1.30. The lowest BCUT2D eigenvalue weighted by Gasteiger charge is -2.22. The smallest absolute Gasteiger partial charge is 0.0489 e. The van der Waals surface area contributed by atoms with Gasteiger partial charge in [0.1, 0.15) is 0 Å². The van der Waals surface area contributed by atoms with Gasteiger partial charge in [-0.25, -0.2) is 0 Å². The van der Waals surface area contributed by atoms with Crippen LogP contribution < -0.4 is 11.5 Å². The van der Waals surface area contributed by atoms with Gasteiger partial charge in [0, 0.05) is 74.7 Å². The highest BCUT2D eigenvalue weighted by Crippen LogP contribution is 2.56. The second kappa shape index (κ2) is 9.64. The minimum absolute atomic E-state index is 0.138. The molecular formula is C42H32Cl2N2S. The second-order valence-corrected chi connectivity index (χ2v) is 15.8. The summed E-state index contributed by atoms with van der Waals surface area (Å²) in [6.07, 6.45) is 0. The van der Waals surface area contributed by atoms with E-state index in [4.69, 9.17) is 34.7 Å². The number of thiophene rings is 1. The second-order valence-electron chi connectivity index (χ2n) is 14.0. The number of anilines is 2. The van der Waals surface area contributed by atoms with Crippen molar-refractivity contribution >= 4 is 66.1 Å². The van der Waals surface area contributed by atoms with Crippen molar-refractivity contribution < 1.29 is 0 Å². The molecule has 0 unspecified atom stereocenters. The Kier molecular flexibility index (Phi) is 5.93. The molecule has 0 saturated carbocycles. The van der Waals surface area contributed by atoms with Crippen LogP contribution in [0.4, 0.5) is 11.4 Å². The summed E-state index contributed by atoms with van der Waals surface area (Å²) in [5.41, 5.74) is 28.6. The van der Waals surface area contributed by atoms with Gasteiger partial charge >= 0.3 is 0 Å². The van der Waals surface area contributed by atoms with Crippen molar-refractivity contribution in [2.75, 3.05) is 11.5 Å². The lowest BCUT2D eigenvalue weighted by Crippen LogP contribution is -2.14. The SMILES string of the molecule is CC1(C)c2ccccc2-c2cc(-c3c(N)ccc4c3sc3c(-c5cc6c(cc5Cl)C(C)(C)c5ccccc5-6)c(N)ccc34)c(Cl)cc21. The van der Waals surface area contributed by atoms with Crippen LogP contribution in [0.2, 0.25) is 10.0 Å². The molecule has 0 fully saturated rings. The van der Waals surface area contributed by atoms with E-state index in [1.807, 2.05) is 12.1 Å². The van der Waals surface area contributed by atoms with E-state index in [-0.39, 0.29) is 10.8 Å². The predicted octanol–water partition coefficient (Wildman–Crippen LogP) is 12.5. The average molecular weight is 668 g/mol. The molecule has 5 heteroatoms. The van der Waals surface area contributed by atoms with Crippen molar-refractivity contribution in [1.82, 2.24) is 0 Å². The van der Waals surface area contributed by atoms with E-state index >= 15 is 0 Å². The highest BCUT2D eigenvalue weighted by Gasteiger charge is 2.37. The summed E-state index contributed by atoms with van der Waals surface area (Å²) in [6.45, 7) is 9.07. The molecule has 0 atom stereocenters. The molecule has 47 heavy (non-hydrogen) atoms. The van der Waals surface area contributed by atoms with Crippen LogP contribution in [0, 0.1) is 0 Å². The zero-order chi connectivity index (χ0) is 32.6. The molecule has 1 heterocycles. The molecular weight excluding hydrogens is 635 g/mol. The van der Waals surface area contributed by atoms with Gasteiger partial charge in [-0.3, -0.25) is 0 Å². The maximum atomic E-state index is 7.19. The average Bonchev–Trinajstić information content (AvgIpc) is 3.60. The molecule has 2 aliphatic carbocycles. The van der Waals surface area contributed by atoms with Gasteiger partial charge in [0.15, 0.2) is 0 Å². The number of nitrogens with two attached hydrogens (primary N) is 2. The van der Waals surface area contributed by atoms with Crippen molar-refractivity contribution in [3.63, 3.8) is 0 Å². The van der Waals surface area contributed by atoms with E-state index in [0.29, 0.717) is 21.4 Å². The van der Waals surface area contributed by atoms with Crippen LogP contribution in [-0.2, 0) is 10.8 Å². The molecule has 1 aromatic heterocycles. The van der Waals surface area contributed by atoms with Crippen LogP contribution in [0.3, 0.4) is 0 Å². The third kappa shape index (κ3) is 3.79. The van der Waals surface area contributed by atoms with Gasteiger partial charge in [0.2, 0.25) is 0 Å². The molecule has 6 aromatic carbocycles. The molecule has 0 aliphatic heterocycles. The Bertz CT molecular complexity index is 2350. The summed E-state index contributed by atoms with van der Waals surface area (Å²) in [7, 11) is 0. The normalized spacial score (nSPS) is 15.1. The largest absolute Gasteiger partial charge is 0.398 e. The number of benzene rings is 6. The lowest BCUT2D eigenvalue weighted by molar-refractivity contribution is 0.660. The molecule has 0 saturated heterocycles. The minimum Gasteiger partial charge on any atom is -0.398 e. The first-order chi connectivity index (χ1) is 22.5. The van der Waals surface area contributed by atoms with E-state index in [1.54, 1.807) is 11.3 Å². The molecule has 2 aliphatic rings. The molecule has 0 amide bonds. The Morgan fingerprint density at radius 2 is 0.872 bits per heavy atom. The van der Waals surface area contributed by atoms with Gasteiger partial charge in [0.25, 0.3) is 0 Å². The van der Waals surface area contributed by atoms with Crippen molar-refractivity contribution in [2.24, 2.45) is 0 Å². The number of hydrogen-bond acceptors (Lipinski definition) is 3. The summed E-state index contributed by atoms with van der Waals surface area (Å²) in [6, 6.07) is 34.3. The zero-order valence-corrected chi connectivity index (χ0v) is 28.9. The highest BCUT2D eigenvalue weighted by molar-refractivity contribution is 7.27. The molecule has 9 rings (SSSR count). The van der Waals surface area contributed by atoms with Gasteiger partial charge in [-0.05, 0) is 80.9 Å². The first kappa shape index (κ1) is 28.9. The van der Waals surface area contributed by atoms with Gasteiger partial charge in [-0.15, -0.1) is 11.3 Å². The lowest BCUT2D eigenvalue weighted by atomic mass is 9.82. The maximum Gasteiger partial charge on any atom is 0.0489 e.